The Balaban J connectivity index is 1.79. The van der Waals surface area contributed by atoms with Crippen molar-refractivity contribution in [2.45, 2.75) is 19.4 Å². The molecule has 3 aromatic rings. The first kappa shape index (κ1) is 14.4. The van der Waals surface area contributed by atoms with Crippen LogP contribution >= 0.6 is 0 Å². The summed E-state index contributed by atoms with van der Waals surface area (Å²) in [5, 5.41) is 10.6. The zero-order valence-electron chi connectivity index (χ0n) is 12.6. The lowest BCUT2D eigenvalue weighted by Crippen LogP contribution is -2.24. The van der Waals surface area contributed by atoms with E-state index in [-0.39, 0.29) is 0 Å². The van der Waals surface area contributed by atoms with Gasteiger partial charge < -0.3 is 14.8 Å². The number of benzene rings is 2. The van der Waals surface area contributed by atoms with E-state index < -0.39 is 5.60 Å². The minimum absolute atomic E-state index is 0.514. The number of H-pyrrole nitrogens is 1. The molecular formula is C18H18N2O2. The van der Waals surface area contributed by atoms with Crippen LogP contribution in [0.3, 0.4) is 0 Å². The molecule has 0 radical (unpaired) electrons. The second-order valence-electron chi connectivity index (χ2n) is 5.45. The Kier molecular flexibility index (Phi) is 3.69. The van der Waals surface area contributed by atoms with Gasteiger partial charge in [0, 0.05) is 12.4 Å². The smallest absolute Gasteiger partial charge is 0.144 e. The van der Waals surface area contributed by atoms with Crippen molar-refractivity contribution in [1.82, 2.24) is 9.97 Å². The number of hydrogen-bond donors (Lipinski definition) is 2. The number of aliphatic hydroxyl groups is 1. The topological polar surface area (TPSA) is 58.1 Å². The third kappa shape index (κ3) is 2.87. The van der Waals surface area contributed by atoms with Crippen molar-refractivity contribution in [3.63, 3.8) is 0 Å². The predicted molar refractivity (Wildman–Crippen MR) is 85.0 cm³/mol. The molecule has 2 aromatic carbocycles. The third-order valence-electron chi connectivity index (χ3n) is 3.63. The molecule has 0 aliphatic heterocycles. The van der Waals surface area contributed by atoms with E-state index in [4.69, 9.17) is 4.74 Å². The number of ether oxygens (including phenoxy) is 1. The first-order valence-electron chi connectivity index (χ1n) is 7.13. The van der Waals surface area contributed by atoms with E-state index in [1.807, 2.05) is 55.5 Å². The number of aryl methyl sites for hydroxylation is 1. The average Bonchev–Trinajstić information content (AvgIpc) is 3.05. The fraction of sp³-hybridized carbons (Fsp3) is 0.167. The molecule has 1 aromatic heterocycles. The molecule has 3 rings (SSSR count). The second kappa shape index (κ2) is 5.66. The number of nitrogens with zero attached hydrogens (tertiary/aromatic N) is 1. The molecule has 0 bridgehead atoms. The van der Waals surface area contributed by atoms with Gasteiger partial charge in [0.15, 0.2) is 0 Å². The lowest BCUT2D eigenvalue weighted by Gasteiger charge is -2.21. The van der Waals surface area contributed by atoms with Gasteiger partial charge in [-0.25, -0.2) is 4.98 Å². The maximum absolute atomic E-state index is 10.6. The minimum atomic E-state index is -1.16. The molecule has 112 valence electrons. The van der Waals surface area contributed by atoms with Crippen molar-refractivity contribution >= 4 is 0 Å². The molecule has 0 fully saturated rings. The van der Waals surface area contributed by atoms with Crippen molar-refractivity contribution in [3.8, 4) is 11.5 Å². The van der Waals surface area contributed by atoms with Gasteiger partial charge >= 0.3 is 0 Å². The maximum Gasteiger partial charge on any atom is 0.144 e. The molecule has 0 saturated heterocycles. The number of rotatable bonds is 4. The normalized spacial score (nSPS) is 13.6. The van der Waals surface area contributed by atoms with Gasteiger partial charge in [0.2, 0.25) is 0 Å². The summed E-state index contributed by atoms with van der Waals surface area (Å²) < 4.78 is 5.79. The number of aromatic amines is 1. The maximum atomic E-state index is 10.6. The van der Waals surface area contributed by atoms with Gasteiger partial charge in [-0.3, -0.25) is 0 Å². The lowest BCUT2D eigenvalue weighted by molar-refractivity contribution is 0.0931. The Hall–Kier alpha value is -2.59. The van der Waals surface area contributed by atoms with Crippen molar-refractivity contribution in [2.75, 3.05) is 0 Å². The van der Waals surface area contributed by atoms with Gasteiger partial charge in [0.1, 0.15) is 22.9 Å². The van der Waals surface area contributed by atoms with Crippen LogP contribution in [-0.2, 0) is 5.60 Å². The van der Waals surface area contributed by atoms with Crippen LogP contribution in [0.5, 0.6) is 11.5 Å². The van der Waals surface area contributed by atoms with Gasteiger partial charge in [-0.1, -0.05) is 29.8 Å². The van der Waals surface area contributed by atoms with Gasteiger partial charge in [0.05, 0.1) is 0 Å². The first-order chi connectivity index (χ1) is 10.6. The summed E-state index contributed by atoms with van der Waals surface area (Å²) in [4.78, 5) is 7.07. The number of hydrogen-bond acceptors (Lipinski definition) is 3. The van der Waals surface area contributed by atoms with E-state index in [1.54, 1.807) is 19.3 Å². The Morgan fingerprint density at radius 3 is 2.14 bits per heavy atom. The highest BCUT2D eigenvalue weighted by Crippen LogP contribution is 2.29. The standard InChI is InChI=1S/C18H18N2O2/c1-13-3-7-15(8-4-13)22-16-9-5-14(6-10-16)18(2,21)17-19-11-12-20-17/h3-12,21H,1-2H3,(H,19,20). The molecular weight excluding hydrogens is 276 g/mol. The van der Waals surface area contributed by atoms with Crippen molar-refractivity contribution in [1.29, 1.82) is 0 Å². The first-order valence-corrected chi connectivity index (χ1v) is 7.13. The van der Waals surface area contributed by atoms with Gasteiger partial charge in [-0.2, -0.15) is 0 Å². The van der Waals surface area contributed by atoms with E-state index in [9.17, 15) is 5.11 Å². The quantitative estimate of drug-likeness (QED) is 0.770. The third-order valence-corrected chi connectivity index (χ3v) is 3.63. The van der Waals surface area contributed by atoms with E-state index >= 15 is 0 Å². The Bertz CT molecular complexity index is 730. The molecule has 1 heterocycles. The fourth-order valence-electron chi connectivity index (χ4n) is 2.26. The molecule has 22 heavy (non-hydrogen) atoms. The highest BCUT2D eigenvalue weighted by molar-refractivity contribution is 5.37. The summed E-state index contributed by atoms with van der Waals surface area (Å²) in [5.74, 6) is 2.03. The molecule has 1 atom stereocenters. The number of aromatic nitrogens is 2. The fourth-order valence-corrected chi connectivity index (χ4v) is 2.26. The number of nitrogens with one attached hydrogen (secondary N) is 1. The summed E-state index contributed by atoms with van der Waals surface area (Å²) in [6.07, 6.45) is 3.32. The van der Waals surface area contributed by atoms with Crippen LogP contribution in [0.15, 0.2) is 60.9 Å². The minimum Gasteiger partial charge on any atom is -0.457 e. The summed E-state index contributed by atoms with van der Waals surface area (Å²) in [6.45, 7) is 3.75. The van der Waals surface area contributed by atoms with E-state index in [2.05, 4.69) is 9.97 Å². The Labute approximate surface area is 129 Å². The van der Waals surface area contributed by atoms with Gasteiger partial charge in [0.25, 0.3) is 0 Å². The van der Waals surface area contributed by atoms with Gasteiger partial charge in [-0.15, -0.1) is 0 Å². The second-order valence-corrected chi connectivity index (χ2v) is 5.45. The van der Waals surface area contributed by atoms with Crippen molar-refractivity contribution < 1.29 is 9.84 Å². The molecule has 1 unspecified atom stereocenters. The lowest BCUT2D eigenvalue weighted by atomic mass is 9.95. The summed E-state index contributed by atoms with van der Waals surface area (Å²) in [5.41, 5.74) is 0.780. The predicted octanol–water partition coefficient (Wildman–Crippen LogP) is 3.77. The highest BCUT2D eigenvalue weighted by atomic mass is 16.5. The summed E-state index contributed by atoms with van der Waals surface area (Å²) >= 11 is 0. The number of imidazole rings is 1. The van der Waals surface area contributed by atoms with E-state index in [1.165, 1.54) is 5.56 Å². The molecule has 0 aliphatic rings. The largest absolute Gasteiger partial charge is 0.457 e. The van der Waals surface area contributed by atoms with Crippen LogP contribution in [-0.4, -0.2) is 15.1 Å². The molecule has 2 N–H and O–H groups in total. The van der Waals surface area contributed by atoms with Crippen LogP contribution < -0.4 is 4.74 Å². The molecule has 0 amide bonds. The van der Waals surface area contributed by atoms with Crippen LogP contribution in [0.4, 0.5) is 0 Å². The van der Waals surface area contributed by atoms with Crippen LogP contribution in [0, 0.1) is 6.92 Å². The Morgan fingerprint density at radius 1 is 1.00 bits per heavy atom. The SMILES string of the molecule is Cc1ccc(Oc2ccc(C(C)(O)c3ncc[nH]3)cc2)cc1. The highest BCUT2D eigenvalue weighted by Gasteiger charge is 2.28. The zero-order chi connectivity index (χ0) is 15.6. The van der Waals surface area contributed by atoms with Gasteiger partial charge in [-0.05, 0) is 43.7 Å². The molecule has 0 aliphatic carbocycles. The van der Waals surface area contributed by atoms with Crippen molar-refractivity contribution in [3.05, 3.63) is 77.9 Å². The zero-order valence-corrected chi connectivity index (χ0v) is 12.6. The molecule has 0 spiro atoms. The molecule has 0 saturated carbocycles. The molecule has 4 nitrogen and oxygen atoms in total. The van der Waals surface area contributed by atoms with E-state index in [0.717, 1.165) is 17.1 Å². The Morgan fingerprint density at radius 2 is 1.59 bits per heavy atom. The molecule has 4 heteroatoms. The van der Waals surface area contributed by atoms with Crippen LogP contribution in [0.2, 0.25) is 0 Å². The van der Waals surface area contributed by atoms with Crippen molar-refractivity contribution in [2.24, 2.45) is 0 Å². The monoisotopic (exact) mass is 294 g/mol. The average molecular weight is 294 g/mol. The van der Waals surface area contributed by atoms with Crippen LogP contribution in [0.25, 0.3) is 0 Å². The summed E-state index contributed by atoms with van der Waals surface area (Å²) in [7, 11) is 0. The summed E-state index contributed by atoms with van der Waals surface area (Å²) in [6, 6.07) is 15.2. The van der Waals surface area contributed by atoms with E-state index in [0.29, 0.717) is 5.82 Å². The van der Waals surface area contributed by atoms with Crippen LogP contribution in [0.1, 0.15) is 23.9 Å².